The minimum Gasteiger partial charge on any atom is -0.383 e. The first-order chi connectivity index (χ1) is 8.64. The minimum absolute atomic E-state index is 0.126. The maximum absolute atomic E-state index is 12.4. The molecule has 0 saturated heterocycles. The maximum Gasteiger partial charge on any atom is 0.416 e. The summed E-state index contributed by atoms with van der Waals surface area (Å²) in [4.78, 5) is 0. The van der Waals surface area contributed by atoms with E-state index in [1.807, 2.05) is 0 Å². The van der Waals surface area contributed by atoms with E-state index in [1.165, 1.54) is 6.07 Å². The van der Waals surface area contributed by atoms with Crippen molar-refractivity contribution in [3.63, 3.8) is 0 Å². The molecule has 0 saturated carbocycles. The van der Waals surface area contributed by atoms with E-state index in [2.05, 4.69) is 5.32 Å². The number of halogens is 6. The Balaban J connectivity index is 2.77. The molecule has 0 radical (unpaired) electrons. The number of anilines is 1. The highest BCUT2D eigenvalue weighted by atomic mass is 19.4. The van der Waals surface area contributed by atoms with Crippen molar-refractivity contribution in [3.8, 4) is 6.07 Å². The lowest BCUT2D eigenvalue weighted by Crippen LogP contribution is -2.28. The lowest BCUT2D eigenvalue weighted by Gasteiger charge is -2.15. The van der Waals surface area contributed by atoms with Gasteiger partial charge in [-0.05, 0) is 18.2 Å². The molecule has 1 atom stereocenters. The highest BCUT2D eigenvalue weighted by Crippen LogP contribution is 2.31. The highest BCUT2D eigenvalue weighted by molar-refractivity contribution is 5.46. The Morgan fingerprint density at radius 1 is 1.16 bits per heavy atom. The van der Waals surface area contributed by atoms with Crippen molar-refractivity contribution in [2.24, 2.45) is 5.92 Å². The van der Waals surface area contributed by atoms with E-state index in [1.54, 1.807) is 0 Å². The fourth-order valence-electron chi connectivity index (χ4n) is 1.26. The zero-order valence-corrected chi connectivity index (χ0v) is 9.31. The Morgan fingerprint density at radius 3 is 2.26 bits per heavy atom. The van der Waals surface area contributed by atoms with Crippen LogP contribution in [0.2, 0.25) is 0 Å². The number of alkyl halides is 6. The monoisotopic (exact) mass is 282 g/mol. The lowest BCUT2D eigenvalue weighted by molar-refractivity contribution is -0.155. The van der Waals surface area contributed by atoms with Crippen LogP contribution in [0.5, 0.6) is 0 Å². The van der Waals surface area contributed by atoms with E-state index in [-0.39, 0.29) is 5.69 Å². The largest absolute Gasteiger partial charge is 0.416 e. The van der Waals surface area contributed by atoms with Crippen LogP contribution in [0.25, 0.3) is 0 Å². The predicted molar refractivity (Wildman–Crippen MR) is 55.1 cm³/mol. The van der Waals surface area contributed by atoms with Gasteiger partial charge in [0.1, 0.15) is 0 Å². The van der Waals surface area contributed by atoms with Crippen molar-refractivity contribution in [1.82, 2.24) is 0 Å². The van der Waals surface area contributed by atoms with Crippen molar-refractivity contribution >= 4 is 5.69 Å². The van der Waals surface area contributed by atoms with E-state index in [0.29, 0.717) is 6.07 Å². The molecule has 0 aliphatic rings. The average Bonchev–Trinajstić information content (AvgIpc) is 2.27. The number of nitriles is 1. The van der Waals surface area contributed by atoms with Gasteiger partial charge in [-0.15, -0.1) is 0 Å². The van der Waals surface area contributed by atoms with Gasteiger partial charge in [-0.25, -0.2) is 0 Å². The molecule has 0 aromatic heterocycles. The molecular formula is C11H8F6N2. The smallest absolute Gasteiger partial charge is 0.383 e. The number of benzene rings is 1. The van der Waals surface area contributed by atoms with E-state index < -0.39 is 30.4 Å². The van der Waals surface area contributed by atoms with Crippen molar-refractivity contribution in [2.45, 2.75) is 12.4 Å². The molecule has 1 aromatic carbocycles. The van der Waals surface area contributed by atoms with Crippen LogP contribution in [0.4, 0.5) is 32.0 Å². The maximum atomic E-state index is 12.4. The molecule has 1 aromatic rings. The summed E-state index contributed by atoms with van der Waals surface area (Å²) >= 11 is 0. The average molecular weight is 282 g/mol. The van der Waals surface area contributed by atoms with Gasteiger partial charge in [0, 0.05) is 12.2 Å². The number of hydrogen-bond donors (Lipinski definition) is 1. The molecular weight excluding hydrogens is 274 g/mol. The van der Waals surface area contributed by atoms with Gasteiger partial charge in [0.15, 0.2) is 5.92 Å². The third-order valence-corrected chi connectivity index (χ3v) is 2.25. The molecule has 0 fully saturated rings. The highest BCUT2D eigenvalue weighted by Gasteiger charge is 2.39. The summed E-state index contributed by atoms with van der Waals surface area (Å²) < 4.78 is 73.8. The molecule has 0 bridgehead atoms. The third-order valence-electron chi connectivity index (χ3n) is 2.25. The Morgan fingerprint density at radius 2 is 1.79 bits per heavy atom. The van der Waals surface area contributed by atoms with Crippen molar-refractivity contribution in [2.75, 3.05) is 11.9 Å². The minimum atomic E-state index is -4.72. The van der Waals surface area contributed by atoms with Gasteiger partial charge in [0.05, 0.1) is 11.6 Å². The third kappa shape index (κ3) is 4.35. The molecule has 1 unspecified atom stereocenters. The van der Waals surface area contributed by atoms with E-state index in [0.717, 1.165) is 18.2 Å². The van der Waals surface area contributed by atoms with Crippen LogP contribution in [0.15, 0.2) is 24.3 Å². The molecule has 0 aliphatic heterocycles. The topological polar surface area (TPSA) is 35.8 Å². The Labute approximate surface area is 104 Å². The summed E-state index contributed by atoms with van der Waals surface area (Å²) in [6, 6.07) is 4.80. The number of nitrogens with one attached hydrogen (secondary N) is 1. The molecule has 0 spiro atoms. The summed E-state index contributed by atoms with van der Waals surface area (Å²) in [5.41, 5.74) is -1.10. The van der Waals surface area contributed by atoms with E-state index in [4.69, 9.17) is 5.26 Å². The zero-order valence-electron chi connectivity index (χ0n) is 9.31. The van der Waals surface area contributed by atoms with Crippen LogP contribution >= 0.6 is 0 Å². The molecule has 19 heavy (non-hydrogen) atoms. The van der Waals surface area contributed by atoms with Gasteiger partial charge in [-0.2, -0.15) is 31.6 Å². The van der Waals surface area contributed by atoms with Crippen molar-refractivity contribution in [3.05, 3.63) is 29.8 Å². The molecule has 104 valence electrons. The summed E-state index contributed by atoms with van der Waals surface area (Å²) in [6.07, 6.45) is -9.29. The van der Waals surface area contributed by atoms with Crippen LogP contribution in [-0.4, -0.2) is 12.7 Å². The molecule has 2 nitrogen and oxygen atoms in total. The second-order valence-corrected chi connectivity index (χ2v) is 3.68. The molecule has 0 heterocycles. The standard InChI is InChI=1S/C11H8F6N2/c12-10(13,14)7-2-1-3-9(4-7)19-6-8(5-18)11(15,16)17/h1-4,8,19H,6H2. The summed E-state index contributed by atoms with van der Waals surface area (Å²) in [5.74, 6) is -2.28. The van der Waals surface area contributed by atoms with Crippen LogP contribution in [0, 0.1) is 17.2 Å². The first-order valence-electron chi connectivity index (χ1n) is 5.02. The molecule has 0 aliphatic carbocycles. The summed E-state index contributed by atoms with van der Waals surface area (Å²) in [7, 11) is 0. The molecule has 1 N–H and O–H groups in total. The van der Waals surface area contributed by atoms with Crippen molar-refractivity contribution < 1.29 is 26.3 Å². The van der Waals surface area contributed by atoms with Crippen LogP contribution in [0.1, 0.15) is 5.56 Å². The van der Waals surface area contributed by atoms with E-state index in [9.17, 15) is 26.3 Å². The predicted octanol–water partition coefficient (Wildman–Crippen LogP) is 3.82. The van der Waals surface area contributed by atoms with Crippen LogP contribution < -0.4 is 5.32 Å². The summed E-state index contributed by atoms with van der Waals surface area (Å²) in [5, 5.41) is 10.5. The van der Waals surface area contributed by atoms with Gasteiger partial charge < -0.3 is 5.32 Å². The van der Waals surface area contributed by atoms with Gasteiger partial charge in [0.2, 0.25) is 0 Å². The van der Waals surface area contributed by atoms with Crippen LogP contribution in [0.3, 0.4) is 0 Å². The second kappa shape index (κ2) is 5.38. The van der Waals surface area contributed by atoms with Gasteiger partial charge in [-0.1, -0.05) is 6.07 Å². The lowest BCUT2D eigenvalue weighted by atomic mass is 10.1. The molecule has 0 amide bonds. The molecule has 8 heteroatoms. The fourth-order valence-corrected chi connectivity index (χ4v) is 1.26. The molecule has 1 rings (SSSR count). The fraction of sp³-hybridized carbons (Fsp3) is 0.364. The van der Waals surface area contributed by atoms with E-state index >= 15 is 0 Å². The zero-order chi connectivity index (χ0) is 14.7. The SMILES string of the molecule is N#CC(CNc1cccc(C(F)(F)F)c1)C(F)(F)F. The number of rotatable bonds is 3. The first-order valence-corrected chi connectivity index (χ1v) is 5.02. The Bertz CT molecular complexity index is 471. The number of nitrogens with zero attached hydrogens (tertiary/aromatic N) is 1. The summed E-state index contributed by atoms with van der Waals surface area (Å²) in [6.45, 7) is -0.804. The Hall–Kier alpha value is -1.91. The quantitative estimate of drug-likeness (QED) is 0.855. The van der Waals surface area contributed by atoms with Crippen LogP contribution in [-0.2, 0) is 6.18 Å². The van der Waals surface area contributed by atoms with Gasteiger partial charge in [-0.3, -0.25) is 0 Å². The number of hydrogen-bond acceptors (Lipinski definition) is 2. The second-order valence-electron chi connectivity index (χ2n) is 3.68. The normalized spacial score (nSPS) is 13.7. The van der Waals surface area contributed by atoms with Gasteiger partial charge in [0.25, 0.3) is 0 Å². The van der Waals surface area contributed by atoms with Crippen molar-refractivity contribution in [1.29, 1.82) is 5.26 Å². The van der Waals surface area contributed by atoms with Gasteiger partial charge >= 0.3 is 12.4 Å². The Kier molecular flexibility index (Phi) is 4.29. The first kappa shape index (κ1) is 15.1.